The monoisotopic (exact) mass is 324 g/mol. The highest BCUT2D eigenvalue weighted by Gasteiger charge is 2.67. The minimum Gasteiger partial charge on any atom is -0.464 e. The van der Waals surface area contributed by atoms with E-state index in [0.717, 1.165) is 24.2 Å². The number of benzene rings is 1. The minimum absolute atomic E-state index is 0.127. The van der Waals surface area contributed by atoms with Crippen LogP contribution in [0.15, 0.2) is 28.9 Å². The molecule has 4 aliphatic rings. The summed E-state index contributed by atoms with van der Waals surface area (Å²) in [6.45, 7) is 9.16. The molecule has 4 heteroatoms. The van der Waals surface area contributed by atoms with Crippen LogP contribution in [0.2, 0.25) is 0 Å². The van der Waals surface area contributed by atoms with E-state index in [-0.39, 0.29) is 18.8 Å². The number of para-hydroxylation sites is 1. The highest BCUT2D eigenvalue weighted by atomic mass is 16.7. The molecule has 3 nitrogen and oxygen atoms in total. The molecule has 2 aromatic rings. The molecule has 4 fully saturated rings. The summed E-state index contributed by atoms with van der Waals surface area (Å²) in [4.78, 5) is 0. The Balaban J connectivity index is 1.41. The van der Waals surface area contributed by atoms with Gasteiger partial charge in [-0.05, 0) is 55.1 Å². The van der Waals surface area contributed by atoms with E-state index in [9.17, 15) is 0 Å². The highest BCUT2D eigenvalue weighted by molar-refractivity contribution is 6.45. The van der Waals surface area contributed by atoms with Crippen molar-refractivity contribution >= 4 is 18.1 Å². The van der Waals surface area contributed by atoms with Gasteiger partial charge in [0.1, 0.15) is 5.58 Å². The van der Waals surface area contributed by atoms with E-state index in [1.165, 1.54) is 22.9 Å². The molecule has 1 aromatic carbocycles. The zero-order valence-corrected chi connectivity index (χ0v) is 15.0. The van der Waals surface area contributed by atoms with Crippen molar-refractivity contribution in [1.82, 2.24) is 0 Å². The Bertz CT molecular complexity index is 810. The Hall–Kier alpha value is -1.26. The fraction of sp³-hybridized carbons (Fsp3) is 0.600. The lowest BCUT2D eigenvalue weighted by atomic mass is 9.43. The molecule has 2 bridgehead atoms. The van der Waals surface area contributed by atoms with Crippen LogP contribution in [0.1, 0.15) is 44.7 Å². The first-order valence-electron chi connectivity index (χ1n) is 9.18. The topological polar surface area (TPSA) is 31.6 Å². The van der Waals surface area contributed by atoms with Crippen molar-refractivity contribution in [1.29, 1.82) is 0 Å². The summed E-state index contributed by atoms with van der Waals surface area (Å²) in [5.41, 5.74) is 3.61. The Morgan fingerprint density at radius 3 is 2.83 bits per heavy atom. The SMILES string of the molecule is Cc1cccc2c(CB3O[C@@H]4C[C@@H]5CC(C5(C)C)[C@]4(C)O3)coc12. The van der Waals surface area contributed by atoms with Gasteiger partial charge in [-0.2, -0.15) is 0 Å². The zero-order chi connectivity index (χ0) is 16.7. The number of aryl methyl sites for hydroxylation is 1. The van der Waals surface area contributed by atoms with Gasteiger partial charge in [-0.3, -0.25) is 0 Å². The Kier molecular flexibility index (Phi) is 2.93. The van der Waals surface area contributed by atoms with Crippen LogP contribution in [-0.4, -0.2) is 18.8 Å². The largest absolute Gasteiger partial charge is 0.464 e. The maximum Gasteiger partial charge on any atom is 0.462 e. The van der Waals surface area contributed by atoms with Crippen LogP contribution in [0.25, 0.3) is 11.0 Å². The third kappa shape index (κ3) is 1.82. The van der Waals surface area contributed by atoms with Crippen LogP contribution in [0.3, 0.4) is 0 Å². The maximum absolute atomic E-state index is 6.53. The quantitative estimate of drug-likeness (QED) is 0.760. The van der Waals surface area contributed by atoms with Gasteiger partial charge in [0, 0.05) is 11.7 Å². The number of fused-ring (bicyclic) bond motifs is 1. The fourth-order valence-electron chi connectivity index (χ4n) is 5.63. The molecular formula is C20H25BO3. The molecule has 0 radical (unpaired) electrons. The number of rotatable bonds is 2. The predicted molar refractivity (Wildman–Crippen MR) is 94.8 cm³/mol. The summed E-state index contributed by atoms with van der Waals surface area (Å²) in [7, 11) is -0.156. The van der Waals surface area contributed by atoms with Gasteiger partial charge in [-0.15, -0.1) is 0 Å². The van der Waals surface area contributed by atoms with E-state index in [0.29, 0.717) is 11.3 Å². The van der Waals surface area contributed by atoms with Gasteiger partial charge in [0.25, 0.3) is 0 Å². The van der Waals surface area contributed by atoms with Crippen LogP contribution in [0.5, 0.6) is 0 Å². The summed E-state index contributed by atoms with van der Waals surface area (Å²) < 4.78 is 18.7. The second kappa shape index (κ2) is 4.67. The molecule has 1 unspecified atom stereocenters. The van der Waals surface area contributed by atoms with Crippen molar-refractivity contribution in [3.05, 3.63) is 35.6 Å². The van der Waals surface area contributed by atoms with Gasteiger partial charge in [0.15, 0.2) is 0 Å². The Morgan fingerprint density at radius 1 is 1.21 bits per heavy atom. The fourth-order valence-corrected chi connectivity index (χ4v) is 5.63. The molecule has 0 amide bonds. The lowest BCUT2D eigenvalue weighted by Gasteiger charge is -2.64. The molecule has 0 N–H and O–H groups in total. The first-order valence-corrected chi connectivity index (χ1v) is 9.18. The molecule has 126 valence electrons. The van der Waals surface area contributed by atoms with E-state index in [2.05, 4.69) is 45.9 Å². The van der Waals surface area contributed by atoms with Gasteiger partial charge >= 0.3 is 7.12 Å². The van der Waals surface area contributed by atoms with Gasteiger partial charge < -0.3 is 13.7 Å². The molecule has 1 aliphatic heterocycles. The Labute approximate surface area is 143 Å². The van der Waals surface area contributed by atoms with Crippen molar-refractivity contribution in [2.24, 2.45) is 17.3 Å². The molecule has 3 saturated carbocycles. The van der Waals surface area contributed by atoms with Crippen molar-refractivity contribution in [2.45, 2.75) is 58.6 Å². The third-order valence-electron chi connectivity index (χ3n) is 7.27. The van der Waals surface area contributed by atoms with E-state index in [1.54, 1.807) is 0 Å². The average Bonchev–Trinajstić information content (AvgIpc) is 3.08. The summed E-state index contributed by atoms with van der Waals surface area (Å²) in [6, 6.07) is 6.31. The van der Waals surface area contributed by atoms with Crippen molar-refractivity contribution in [3.8, 4) is 0 Å². The number of hydrogen-bond acceptors (Lipinski definition) is 3. The van der Waals surface area contributed by atoms with Crippen LogP contribution in [0.4, 0.5) is 0 Å². The zero-order valence-electron chi connectivity index (χ0n) is 15.0. The van der Waals surface area contributed by atoms with E-state index in [4.69, 9.17) is 13.7 Å². The molecule has 24 heavy (non-hydrogen) atoms. The molecule has 3 aliphatic carbocycles. The molecule has 1 saturated heterocycles. The van der Waals surface area contributed by atoms with E-state index in [1.807, 2.05) is 6.26 Å². The first-order chi connectivity index (χ1) is 11.4. The highest BCUT2D eigenvalue weighted by Crippen LogP contribution is 2.65. The van der Waals surface area contributed by atoms with Gasteiger partial charge in [0.2, 0.25) is 0 Å². The lowest BCUT2D eigenvalue weighted by Crippen LogP contribution is -2.65. The minimum atomic E-state index is -0.156. The van der Waals surface area contributed by atoms with Crippen LogP contribution >= 0.6 is 0 Å². The van der Waals surface area contributed by atoms with Crippen LogP contribution in [0, 0.1) is 24.2 Å². The molecule has 6 rings (SSSR count). The number of furan rings is 1. The van der Waals surface area contributed by atoms with Gasteiger partial charge in [-0.25, -0.2) is 0 Å². The third-order valence-corrected chi connectivity index (χ3v) is 7.27. The van der Waals surface area contributed by atoms with Crippen molar-refractivity contribution < 1.29 is 13.7 Å². The van der Waals surface area contributed by atoms with Crippen LogP contribution in [-0.2, 0) is 15.6 Å². The van der Waals surface area contributed by atoms with Crippen LogP contribution < -0.4 is 0 Å². The van der Waals surface area contributed by atoms with E-state index < -0.39 is 0 Å². The van der Waals surface area contributed by atoms with Crippen molar-refractivity contribution in [3.63, 3.8) is 0 Å². The summed E-state index contributed by atoms with van der Waals surface area (Å²) in [5, 5.41) is 1.19. The molecule has 2 heterocycles. The lowest BCUT2D eigenvalue weighted by molar-refractivity contribution is -0.199. The average molecular weight is 324 g/mol. The van der Waals surface area contributed by atoms with Gasteiger partial charge in [0.05, 0.1) is 18.0 Å². The second-order valence-corrected chi connectivity index (χ2v) is 8.81. The Morgan fingerprint density at radius 2 is 2.04 bits per heavy atom. The molecule has 0 spiro atoms. The van der Waals surface area contributed by atoms with Crippen molar-refractivity contribution in [2.75, 3.05) is 0 Å². The molecule has 4 atom stereocenters. The standard InChI is InChI=1S/C20H25BO3/c1-12-6-5-7-15-13(11-22-18(12)15)10-21-23-17-9-14-8-16(19(14,2)3)20(17,4)24-21/h5-7,11,14,16-17H,8-10H2,1-4H3/t14-,16?,17+,20-/m0/s1. The normalized spacial score (nSPS) is 36.7. The van der Waals surface area contributed by atoms with Gasteiger partial charge in [-0.1, -0.05) is 32.0 Å². The summed E-state index contributed by atoms with van der Waals surface area (Å²) >= 11 is 0. The van der Waals surface area contributed by atoms with E-state index >= 15 is 0 Å². The molecule has 1 aromatic heterocycles. The molecular weight excluding hydrogens is 299 g/mol. The first kappa shape index (κ1) is 15.0. The summed E-state index contributed by atoms with van der Waals surface area (Å²) in [6.07, 6.45) is 5.32. The smallest absolute Gasteiger partial charge is 0.462 e. The number of hydrogen-bond donors (Lipinski definition) is 0. The maximum atomic E-state index is 6.53. The predicted octanol–water partition coefficient (Wildman–Crippen LogP) is 4.55. The summed E-state index contributed by atoms with van der Waals surface area (Å²) in [5.74, 6) is 1.41. The second-order valence-electron chi connectivity index (χ2n) is 8.81.